The highest BCUT2D eigenvalue weighted by atomic mass is 16.5. The minimum atomic E-state index is -1.01. The summed E-state index contributed by atoms with van der Waals surface area (Å²) in [6.45, 7) is 3.11. The lowest BCUT2D eigenvalue weighted by atomic mass is 10.0. The molecule has 0 spiro atoms. The summed E-state index contributed by atoms with van der Waals surface area (Å²) in [5.74, 6) is 1.46. The smallest absolute Gasteiger partial charge is 0.255 e. The van der Waals surface area contributed by atoms with Crippen LogP contribution in [0.2, 0.25) is 0 Å². The van der Waals surface area contributed by atoms with Gasteiger partial charge in [-0.3, -0.25) is 9.59 Å². The zero-order chi connectivity index (χ0) is 25.2. The number of amides is 2. The largest absolute Gasteiger partial charge is 0.497 e. The molecule has 2 fully saturated rings. The zero-order valence-electron chi connectivity index (χ0n) is 20.5. The molecule has 3 heterocycles. The van der Waals surface area contributed by atoms with Crippen LogP contribution in [-0.4, -0.2) is 75.7 Å². The van der Waals surface area contributed by atoms with E-state index in [1.165, 1.54) is 26.1 Å². The van der Waals surface area contributed by atoms with E-state index in [0.29, 0.717) is 72.2 Å². The number of methoxy groups -OCH3 is 1. The molecule has 10 heteroatoms. The van der Waals surface area contributed by atoms with Crippen LogP contribution in [0.5, 0.6) is 11.5 Å². The molecule has 5 rings (SSSR count). The van der Waals surface area contributed by atoms with Crippen molar-refractivity contribution in [2.24, 2.45) is 5.92 Å². The topological polar surface area (TPSA) is 130 Å². The molecule has 190 valence electrons. The predicted octanol–water partition coefficient (Wildman–Crippen LogP) is 2.52. The minimum absolute atomic E-state index is 0.0641. The Labute approximate surface area is 209 Å². The second-order valence-corrected chi connectivity index (χ2v) is 9.51. The number of carbonyl (C=O) groups excluding carboxylic acids is 2. The normalized spacial score (nSPS) is 17.1. The van der Waals surface area contributed by atoms with Gasteiger partial charge in [-0.2, -0.15) is 0 Å². The van der Waals surface area contributed by atoms with Crippen LogP contribution >= 0.6 is 0 Å². The van der Waals surface area contributed by atoms with Crippen molar-refractivity contribution in [3.63, 3.8) is 0 Å². The lowest BCUT2D eigenvalue weighted by Crippen LogP contribution is -2.48. The fourth-order valence-corrected chi connectivity index (χ4v) is 4.52. The van der Waals surface area contributed by atoms with E-state index in [1.807, 2.05) is 18.2 Å². The summed E-state index contributed by atoms with van der Waals surface area (Å²) in [6.07, 6.45) is 5.71. The first-order valence-corrected chi connectivity index (χ1v) is 12.4. The molecule has 1 aliphatic carbocycles. The number of rotatable bonds is 8. The molecule has 1 saturated carbocycles. The summed E-state index contributed by atoms with van der Waals surface area (Å²) in [7, 11) is 1.62. The van der Waals surface area contributed by atoms with Gasteiger partial charge in [0.05, 0.1) is 24.8 Å². The summed E-state index contributed by atoms with van der Waals surface area (Å²) >= 11 is 0. The van der Waals surface area contributed by atoms with E-state index in [0.717, 1.165) is 5.56 Å². The Balaban J connectivity index is 1.35. The van der Waals surface area contributed by atoms with Gasteiger partial charge in [0.1, 0.15) is 35.1 Å². The SMILES string of the molecule is COc1ccc(-c2ncnc3c(C(=O)NC4CCN(C(=O)[C@H](C)O)CC4)c[nH]c23)c(OCC2CC2)c1. The highest BCUT2D eigenvalue weighted by Gasteiger charge is 2.27. The first kappa shape index (κ1) is 24.1. The standard InChI is InChI=1S/C26H31N5O5/c1-15(32)26(34)31-9-7-17(8-10-31)30-25(33)20-12-27-24-22(28-14-29-23(20)24)19-6-5-18(35-2)11-21(19)36-13-16-3-4-16/h5-6,11-12,14-17,27,32H,3-4,7-10,13H2,1-2H3,(H,30,33)/t15-/m0/s1. The zero-order valence-corrected chi connectivity index (χ0v) is 20.5. The van der Waals surface area contributed by atoms with Gasteiger partial charge in [-0.15, -0.1) is 0 Å². The minimum Gasteiger partial charge on any atom is -0.497 e. The molecule has 2 amide bonds. The van der Waals surface area contributed by atoms with Crippen LogP contribution < -0.4 is 14.8 Å². The van der Waals surface area contributed by atoms with Crippen molar-refractivity contribution in [3.8, 4) is 22.8 Å². The number of fused-ring (bicyclic) bond motifs is 1. The Kier molecular flexibility index (Phi) is 6.77. The van der Waals surface area contributed by atoms with Crippen molar-refractivity contribution in [1.29, 1.82) is 0 Å². The molecule has 1 aliphatic heterocycles. The number of benzene rings is 1. The van der Waals surface area contributed by atoms with Gasteiger partial charge < -0.3 is 29.8 Å². The van der Waals surface area contributed by atoms with Crippen molar-refractivity contribution in [3.05, 3.63) is 36.3 Å². The number of carbonyl (C=O) groups is 2. The van der Waals surface area contributed by atoms with Gasteiger partial charge in [-0.05, 0) is 50.7 Å². The van der Waals surface area contributed by atoms with Gasteiger partial charge in [-0.25, -0.2) is 9.97 Å². The van der Waals surface area contributed by atoms with Gasteiger partial charge in [0.2, 0.25) is 0 Å². The molecule has 0 bridgehead atoms. The van der Waals surface area contributed by atoms with Crippen molar-refractivity contribution >= 4 is 22.8 Å². The van der Waals surface area contributed by atoms with E-state index < -0.39 is 6.10 Å². The maximum absolute atomic E-state index is 13.1. The predicted molar refractivity (Wildman–Crippen MR) is 133 cm³/mol. The Morgan fingerprint density at radius 1 is 1.22 bits per heavy atom. The van der Waals surface area contributed by atoms with E-state index in [4.69, 9.17) is 9.47 Å². The molecule has 0 unspecified atom stereocenters. The molecule has 2 aromatic heterocycles. The molecule has 1 atom stereocenters. The van der Waals surface area contributed by atoms with Crippen LogP contribution in [0.4, 0.5) is 0 Å². The molecule has 1 saturated heterocycles. The van der Waals surface area contributed by atoms with Crippen molar-refractivity contribution in [2.45, 2.75) is 44.8 Å². The monoisotopic (exact) mass is 493 g/mol. The first-order valence-electron chi connectivity index (χ1n) is 12.4. The number of aliphatic hydroxyl groups is 1. The summed E-state index contributed by atoms with van der Waals surface area (Å²) < 4.78 is 11.5. The molecule has 36 heavy (non-hydrogen) atoms. The van der Waals surface area contributed by atoms with Gasteiger partial charge >= 0.3 is 0 Å². The highest BCUT2D eigenvalue weighted by Crippen LogP contribution is 2.37. The molecular formula is C26H31N5O5. The number of hydrogen-bond donors (Lipinski definition) is 3. The van der Waals surface area contributed by atoms with Crippen LogP contribution in [0.25, 0.3) is 22.3 Å². The Bertz CT molecular complexity index is 1260. The average Bonchev–Trinajstić information content (AvgIpc) is 3.62. The molecule has 2 aliphatic rings. The third-order valence-electron chi connectivity index (χ3n) is 6.82. The van der Waals surface area contributed by atoms with Crippen molar-refractivity contribution in [2.75, 3.05) is 26.8 Å². The fourth-order valence-electron chi connectivity index (χ4n) is 4.52. The maximum atomic E-state index is 13.1. The molecular weight excluding hydrogens is 462 g/mol. The Morgan fingerprint density at radius 3 is 2.69 bits per heavy atom. The van der Waals surface area contributed by atoms with Crippen LogP contribution in [0.15, 0.2) is 30.7 Å². The number of nitrogens with zero attached hydrogens (tertiary/aromatic N) is 3. The quantitative estimate of drug-likeness (QED) is 0.440. The molecule has 3 aromatic rings. The number of nitrogens with one attached hydrogen (secondary N) is 2. The molecule has 0 radical (unpaired) electrons. The summed E-state index contributed by atoms with van der Waals surface area (Å²) in [5.41, 5.74) is 3.07. The second kappa shape index (κ2) is 10.1. The van der Waals surface area contributed by atoms with Crippen LogP contribution in [0.1, 0.15) is 43.0 Å². The van der Waals surface area contributed by atoms with Gasteiger partial charge in [0.15, 0.2) is 0 Å². The summed E-state index contributed by atoms with van der Waals surface area (Å²) in [4.78, 5) is 38.9. The number of likely N-dealkylation sites (tertiary alicyclic amines) is 1. The van der Waals surface area contributed by atoms with Crippen LogP contribution in [0, 0.1) is 5.92 Å². The summed E-state index contributed by atoms with van der Waals surface area (Å²) in [5, 5.41) is 12.6. The number of piperidine rings is 1. The number of aromatic nitrogens is 3. The Morgan fingerprint density at radius 2 is 2.00 bits per heavy atom. The number of aromatic amines is 1. The molecule has 1 aromatic carbocycles. The Hall–Kier alpha value is -3.66. The molecule has 10 nitrogen and oxygen atoms in total. The average molecular weight is 494 g/mol. The van der Waals surface area contributed by atoms with Crippen molar-refractivity contribution in [1.82, 2.24) is 25.2 Å². The third kappa shape index (κ3) is 4.99. The fraction of sp³-hybridized carbons (Fsp3) is 0.462. The van der Waals surface area contributed by atoms with E-state index in [9.17, 15) is 14.7 Å². The van der Waals surface area contributed by atoms with E-state index in [1.54, 1.807) is 18.2 Å². The second-order valence-electron chi connectivity index (χ2n) is 9.51. The van der Waals surface area contributed by atoms with Crippen molar-refractivity contribution < 1.29 is 24.2 Å². The number of hydrogen-bond acceptors (Lipinski definition) is 7. The third-order valence-corrected chi connectivity index (χ3v) is 6.82. The lowest BCUT2D eigenvalue weighted by molar-refractivity contribution is -0.140. The first-order chi connectivity index (χ1) is 17.4. The number of H-pyrrole nitrogens is 1. The van der Waals surface area contributed by atoms with E-state index >= 15 is 0 Å². The van der Waals surface area contributed by atoms with Gasteiger partial charge in [0, 0.05) is 37.0 Å². The maximum Gasteiger partial charge on any atom is 0.255 e. The lowest BCUT2D eigenvalue weighted by Gasteiger charge is -2.33. The van der Waals surface area contributed by atoms with E-state index in [-0.39, 0.29) is 17.9 Å². The van der Waals surface area contributed by atoms with Gasteiger partial charge in [-0.1, -0.05) is 0 Å². The van der Waals surface area contributed by atoms with E-state index in [2.05, 4.69) is 20.3 Å². The van der Waals surface area contributed by atoms with Crippen LogP contribution in [-0.2, 0) is 4.79 Å². The van der Waals surface area contributed by atoms with Gasteiger partial charge in [0.25, 0.3) is 11.8 Å². The highest BCUT2D eigenvalue weighted by molar-refractivity contribution is 6.08. The summed E-state index contributed by atoms with van der Waals surface area (Å²) in [6, 6.07) is 5.56. The number of aliphatic hydroxyl groups excluding tert-OH is 1. The van der Waals surface area contributed by atoms with Crippen LogP contribution in [0.3, 0.4) is 0 Å². The number of ether oxygens (including phenoxy) is 2. The molecule has 3 N–H and O–H groups in total.